The number of benzene rings is 2. The number of rotatable bonds is 8. The molecule has 0 bridgehead atoms. The van der Waals surface area contributed by atoms with Crippen LogP contribution in [0, 0.1) is 0 Å². The average Bonchev–Trinajstić information content (AvgIpc) is 3.71. The molecular weight excluding hydrogens is 637 g/mol. The lowest BCUT2D eigenvalue weighted by Gasteiger charge is -2.32. The minimum Gasteiger partial charge on any atom is -0.273 e. The lowest BCUT2D eigenvalue weighted by Crippen LogP contribution is -2.46. The number of carbonyl (C=O) groups is 8. The van der Waals surface area contributed by atoms with Crippen molar-refractivity contribution in [3.63, 3.8) is 0 Å². The first kappa shape index (κ1) is 29.5. The van der Waals surface area contributed by atoms with E-state index in [4.69, 9.17) is 0 Å². The topological polar surface area (TPSA) is 150 Å². The number of carbonyl (C=O) groups excluding carboxylic acids is 8. The van der Waals surface area contributed by atoms with Crippen LogP contribution in [0.4, 0.5) is 19.2 Å². The molecular formula is C27H20N4O8S4. The van der Waals surface area contributed by atoms with Gasteiger partial charge in [0.05, 0.1) is 23.0 Å². The van der Waals surface area contributed by atoms with E-state index < -0.39 is 56.9 Å². The molecule has 0 aliphatic carbocycles. The van der Waals surface area contributed by atoms with Gasteiger partial charge in [-0.3, -0.25) is 38.4 Å². The smallest absolute Gasteiger partial charge is 0.273 e. The quantitative estimate of drug-likeness (QED) is 0.403. The van der Waals surface area contributed by atoms with E-state index in [1.54, 1.807) is 48.5 Å². The number of hydrogen-bond donors (Lipinski definition) is 0. The Morgan fingerprint density at radius 3 is 0.907 bits per heavy atom. The first-order valence-corrected chi connectivity index (χ1v) is 16.7. The zero-order chi connectivity index (χ0) is 30.4. The normalized spacial score (nSPS) is 19.6. The molecule has 0 radical (unpaired) electrons. The standard InChI is InChI=1S/C27H20N4O8S4/c32-18-10-40-24(36)28(18)22(29-19(33)11-41-25(29)37)16-5-1-14(2-6-16)9-15-3-7-17(8-4-15)23(30-20(34)12-42-26(30)38)31-21(35)13-43-27(31)39/h1-8,22-23H,9-13H2. The third-order valence-corrected chi connectivity index (χ3v) is 10.4. The average molecular weight is 657 g/mol. The van der Waals surface area contributed by atoms with Crippen molar-refractivity contribution in [3.05, 3.63) is 70.8 Å². The molecule has 6 rings (SSSR count). The van der Waals surface area contributed by atoms with E-state index in [9.17, 15) is 38.4 Å². The molecule has 2 aromatic rings. The van der Waals surface area contributed by atoms with E-state index in [-0.39, 0.29) is 23.0 Å². The first-order chi connectivity index (χ1) is 20.6. The van der Waals surface area contributed by atoms with Gasteiger partial charge in [0.15, 0.2) is 0 Å². The predicted molar refractivity (Wildman–Crippen MR) is 160 cm³/mol. The van der Waals surface area contributed by atoms with Gasteiger partial charge in [0.1, 0.15) is 12.3 Å². The zero-order valence-corrected chi connectivity index (χ0v) is 25.3. The molecule has 12 nitrogen and oxygen atoms in total. The summed E-state index contributed by atoms with van der Waals surface area (Å²) in [6.07, 6.45) is -1.89. The Morgan fingerprint density at radius 1 is 0.442 bits per heavy atom. The van der Waals surface area contributed by atoms with Gasteiger partial charge >= 0.3 is 0 Å². The van der Waals surface area contributed by atoms with Crippen molar-refractivity contribution >= 4 is 91.6 Å². The molecule has 4 aliphatic rings. The Hall–Kier alpha value is -3.60. The van der Waals surface area contributed by atoms with Crippen LogP contribution < -0.4 is 0 Å². The second kappa shape index (κ2) is 11.8. The van der Waals surface area contributed by atoms with Crippen molar-refractivity contribution in [1.29, 1.82) is 0 Å². The Labute approximate surface area is 261 Å². The molecule has 4 saturated heterocycles. The van der Waals surface area contributed by atoms with Gasteiger partial charge in [0, 0.05) is 0 Å². The van der Waals surface area contributed by atoms with Crippen molar-refractivity contribution in [1.82, 2.24) is 19.6 Å². The summed E-state index contributed by atoms with van der Waals surface area (Å²) >= 11 is 3.28. The van der Waals surface area contributed by atoms with Crippen LogP contribution in [0.5, 0.6) is 0 Å². The van der Waals surface area contributed by atoms with Crippen LogP contribution in [0.25, 0.3) is 0 Å². The SMILES string of the molecule is O=C1CSC(=O)N1C(c1ccc(Cc2ccc(C(N3C(=O)CSC3=O)N3C(=O)CSC3=O)cc2)cc1)N1C(=O)CSC1=O. The highest BCUT2D eigenvalue weighted by molar-refractivity contribution is 8.15. The number of nitrogens with zero attached hydrogens (tertiary/aromatic N) is 4. The van der Waals surface area contributed by atoms with E-state index >= 15 is 0 Å². The molecule has 0 saturated carbocycles. The van der Waals surface area contributed by atoms with Gasteiger partial charge in [-0.2, -0.15) is 0 Å². The van der Waals surface area contributed by atoms with Crippen LogP contribution in [0.1, 0.15) is 34.6 Å². The van der Waals surface area contributed by atoms with Gasteiger partial charge in [-0.1, -0.05) is 95.6 Å². The van der Waals surface area contributed by atoms with Crippen molar-refractivity contribution in [2.75, 3.05) is 23.0 Å². The lowest BCUT2D eigenvalue weighted by molar-refractivity contribution is -0.136. The fraction of sp³-hybridized carbons (Fsp3) is 0.259. The Kier molecular flexibility index (Phi) is 8.10. The maximum atomic E-state index is 12.5. The van der Waals surface area contributed by atoms with Crippen LogP contribution >= 0.6 is 47.0 Å². The van der Waals surface area contributed by atoms with Crippen molar-refractivity contribution in [3.8, 4) is 0 Å². The third kappa shape index (κ3) is 5.47. The Morgan fingerprint density at radius 2 is 0.698 bits per heavy atom. The molecule has 4 fully saturated rings. The molecule has 0 unspecified atom stereocenters. The summed E-state index contributed by atoms with van der Waals surface area (Å²) in [7, 11) is 0. The van der Waals surface area contributed by atoms with Crippen molar-refractivity contribution < 1.29 is 38.4 Å². The van der Waals surface area contributed by atoms with Gasteiger partial charge < -0.3 is 0 Å². The first-order valence-electron chi connectivity index (χ1n) is 12.8. The van der Waals surface area contributed by atoms with E-state index in [0.717, 1.165) is 77.8 Å². The monoisotopic (exact) mass is 656 g/mol. The summed E-state index contributed by atoms with van der Waals surface area (Å²) in [6, 6.07) is 13.8. The fourth-order valence-corrected chi connectivity index (χ4v) is 7.99. The largest absolute Gasteiger partial charge is 0.290 e. The van der Waals surface area contributed by atoms with E-state index in [1.807, 2.05) is 0 Å². The minimum atomic E-state index is -1.17. The maximum Gasteiger partial charge on any atom is 0.290 e. The van der Waals surface area contributed by atoms with Gasteiger partial charge in [0.2, 0.25) is 23.6 Å². The van der Waals surface area contributed by atoms with Gasteiger partial charge in [-0.25, -0.2) is 19.6 Å². The molecule has 8 amide bonds. The van der Waals surface area contributed by atoms with E-state index in [1.165, 1.54) is 0 Å². The summed E-state index contributed by atoms with van der Waals surface area (Å²) in [4.78, 5) is 104. The Balaban J connectivity index is 1.24. The van der Waals surface area contributed by atoms with E-state index in [0.29, 0.717) is 17.5 Å². The van der Waals surface area contributed by atoms with Crippen molar-refractivity contribution in [2.24, 2.45) is 0 Å². The fourth-order valence-electron chi connectivity index (χ4n) is 5.08. The minimum absolute atomic E-state index is 0.0640. The highest BCUT2D eigenvalue weighted by Gasteiger charge is 2.47. The molecule has 0 N–H and O–H groups in total. The highest BCUT2D eigenvalue weighted by atomic mass is 32.2. The molecule has 16 heteroatoms. The third-order valence-electron chi connectivity index (χ3n) is 7.08. The second-order valence-corrected chi connectivity index (χ2v) is 13.4. The molecule has 43 heavy (non-hydrogen) atoms. The number of hydrogen-bond acceptors (Lipinski definition) is 12. The Bertz CT molecular complexity index is 1350. The summed E-state index contributed by atoms with van der Waals surface area (Å²) in [5, 5.41) is -2.10. The maximum absolute atomic E-state index is 12.5. The number of amides is 8. The number of thioether (sulfide) groups is 4. The van der Waals surface area contributed by atoms with Crippen LogP contribution in [0.2, 0.25) is 0 Å². The zero-order valence-electron chi connectivity index (χ0n) is 22.0. The molecule has 0 spiro atoms. The van der Waals surface area contributed by atoms with Gasteiger partial charge in [0.25, 0.3) is 21.0 Å². The molecule has 0 aromatic heterocycles. The molecule has 2 aromatic carbocycles. The lowest BCUT2D eigenvalue weighted by atomic mass is 10.00. The van der Waals surface area contributed by atoms with Crippen molar-refractivity contribution in [2.45, 2.75) is 18.8 Å². The van der Waals surface area contributed by atoms with Crippen LogP contribution in [0.3, 0.4) is 0 Å². The van der Waals surface area contributed by atoms with Gasteiger partial charge in [-0.15, -0.1) is 0 Å². The van der Waals surface area contributed by atoms with E-state index in [2.05, 4.69) is 0 Å². The number of imide groups is 4. The van der Waals surface area contributed by atoms with Crippen LogP contribution in [-0.4, -0.2) is 87.2 Å². The molecule has 4 heterocycles. The summed E-state index contributed by atoms with van der Waals surface area (Å²) in [6.45, 7) is 0. The van der Waals surface area contributed by atoms with Crippen LogP contribution in [0.15, 0.2) is 48.5 Å². The van der Waals surface area contributed by atoms with Crippen LogP contribution in [-0.2, 0) is 25.6 Å². The van der Waals surface area contributed by atoms with Gasteiger partial charge in [-0.05, 0) is 28.7 Å². The summed E-state index contributed by atoms with van der Waals surface area (Å²) in [5.74, 6) is -2.18. The molecule has 0 atom stereocenters. The summed E-state index contributed by atoms with van der Waals surface area (Å²) in [5.41, 5.74) is 2.56. The summed E-state index contributed by atoms with van der Waals surface area (Å²) < 4.78 is 0. The molecule has 4 aliphatic heterocycles. The second-order valence-electron chi connectivity index (χ2n) is 9.68. The highest BCUT2D eigenvalue weighted by Crippen LogP contribution is 2.39. The predicted octanol–water partition coefficient (Wildman–Crippen LogP) is 4.06. The molecule has 220 valence electrons.